The Morgan fingerprint density at radius 2 is 2.12 bits per heavy atom. The van der Waals surface area contributed by atoms with E-state index in [1.165, 1.54) is 0 Å². The average Bonchev–Trinajstić information content (AvgIpc) is 2.66. The van der Waals surface area contributed by atoms with Gasteiger partial charge in [0.15, 0.2) is 5.89 Å². The van der Waals surface area contributed by atoms with Crippen molar-refractivity contribution < 1.29 is 18.7 Å². The molecule has 0 fully saturated rings. The van der Waals surface area contributed by atoms with Gasteiger partial charge in [-0.15, -0.1) is 0 Å². The number of ether oxygens (including phenoxy) is 2. The molecule has 96 valence electrons. The van der Waals surface area contributed by atoms with Gasteiger partial charge in [0, 0.05) is 19.6 Å². The Hall–Kier alpha value is -1.36. The summed E-state index contributed by atoms with van der Waals surface area (Å²) in [7, 11) is 0. The van der Waals surface area contributed by atoms with Crippen molar-refractivity contribution in [1.29, 1.82) is 0 Å². The van der Waals surface area contributed by atoms with Crippen molar-refractivity contribution in [3.05, 3.63) is 17.3 Å². The van der Waals surface area contributed by atoms with E-state index in [0.29, 0.717) is 37.8 Å². The Bertz CT molecular complexity index is 359. The van der Waals surface area contributed by atoms with Crippen LogP contribution < -0.4 is 0 Å². The molecular formula is C12H19NO4. The predicted molar refractivity (Wildman–Crippen MR) is 62.0 cm³/mol. The SMILES string of the molecule is CCOCCCc1nc(C)c(C(=O)OCC)o1. The molecule has 1 aromatic rings. The predicted octanol–water partition coefficient (Wildman–Crippen LogP) is 2.13. The zero-order valence-electron chi connectivity index (χ0n) is 10.6. The van der Waals surface area contributed by atoms with Crippen molar-refractivity contribution in [1.82, 2.24) is 4.98 Å². The summed E-state index contributed by atoms with van der Waals surface area (Å²) in [4.78, 5) is 15.7. The lowest BCUT2D eigenvalue weighted by atomic mass is 10.3. The fraction of sp³-hybridized carbons (Fsp3) is 0.667. The minimum atomic E-state index is -0.450. The number of nitrogens with zero attached hydrogens (tertiary/aromatic N) is 1. The van der Waals surface area contributed by atoms with Crippen molar-refractivity contribution in [3.8, 4) is 0 Å². The van der Waals surface area contributed by atoms with Gasteiger partial charge in [0.1, 0.15) is 0 Å². The first kappa shape index (κ1) is 13.7. The van der Waals surface area contributed by atoms with Gasteiger partial charge in [-0.2, -0.15) is 0 Å². The molecular weight excluding hydrogens is 222 g/mol. The Morgan fingerprint density at radius 3 is 2.76 bits per heavy atom. The zero-order valence-corrected chi connectivity index (χ0v) is 10.6. The third-order valence-electron chi connectivity index (χ3n) is 2.19. The van der Waals surface area contributed by atoms with Crippen LogP contribution >= 0.6 is 0 Å². The molecule has 1 aromatic heterocycles. The minimum absolute atomic E-state index is 0.207. The summed E-state index contributed by atoms with van der Waals surface area (Å²) < 4.78 is 15.5. The van der Waals surface area contributed by atoms with Crippen molar-refractivity contribution in [2.75, 3.05) is 19.8 Å². The lowest BCUT2D eigenvalue weighted by Gasteiger charge is -1.98. The number of aryl methyl sites for hydroxylation is 2. The molecule has 0 radical (unpaired) electrons. The molecule has 0 aliphatic rings. The average molecular weight is 241 g/mol. The van der Waals surface area contributed by atoms with Gasteiger partial charge in [0.05, 0.1) is 12.3 Å². The Labute approximate surface area is 101 Å². The number of hydrogen-bond acceptors (Lipinski definition) is 5. The molecule has 0 atom stereocenters. The summed E-state index contributed by atoms with van der Waals surface area (Å²) in [5.41, 5.74) is 0.579. The highest BCUT2D eigenvalue weighted by Gasteiger charge is 2.17. The first-order valence-electron chi connectivity index (χ1n) is 5.90. The summed E-state index contributed by atoms with van der Waals surface area (Å²) in [5, 5.41) is 0. The second kappa shape index (κ2) is 7.06. The molecule has 5 heteroatoms. The standard InChI is InChI=1S/C12H19NO4/c1-4-15-8-6-7-10-13-9(3)11(17-10)12(14)16-5-2/h4-8H2,1-3H3. The van der Waals surface area contributed by atoms with Crippen molar-refractivity contribution in [3.63, 3.8) is 0 Å². The lowest BCUT2D eigenvalue weighted by molar-refractivity contribution is 0.0486. The molecule has 0 amide bonds. The molecule has 0 spiro atoms. The molecule has 5 nitrogen and oxygen atoms in total. The van der Waals surface area contributed by atoms with Gasteiger partial charge in [0.25, 0.3) is 0 Å². The number of carbonyl (C=O) groups is 1. The highest BCUT2D eigenvalue weighted by Crippen LogP contribution is 2.13. The molecule has 0 unspecified atom stereocenters. The number of oxazole rings is 1. The number of rotatable bonds is 7. The van der Waals surface area contributed by atoms with Crippen LogP contribution in [0.2, 0.25) is 0 Å². The maximum atomic E-state index is 11.5. The second-order valence-corrected chi connectivity index (χ2v) is 3.54. The van der Waals surface area contributed by atoms with E-state index in [0.717, 1.165) is 6.42 Å². The van der Waals surface area contributed by atoms with Gasteiger partial charge in [0.2, 0.25) is 5.76 Å². The number of carbonyl (C=O) groups excluding carboxylic acids is 1. The number of aromatic nitrogens is 1. The van der Waals surface area contributed by atoms with E-state index in [2.05, 4.69) is 4.98 Å². The van der Waals surface area contributed by atoms with Crippen molar-refractivity contribution >= 4 is 5.97 Å². The molecule has 0 aliphatic heterocycles. The first-order valence-corrected chi connectivity index (χ1v) is 5.90. The maximum absolute atomic E-state index is 11.5. The third-order valence-corrected chi connectivity index (χ3v) is 2.19. The van der Waals surface area contributed by atoms with Crippen LogP contribution in [0.25, 0.3) is 0 Å². The van der Waals surface area contributed by atoms with Crippen LogP contribution in [0.15, 0.2) is 4.42 Å². The van der Waals surface area contributed by atoms with Crippen molar-refractivity contribution in [2.24, 2.45) is 0 Å². The topological polar surface area (TPSA) is 61.6 Å². The largest absolute Gasteiger partial charge is 0.460 e. The molecule has 0 bridgehead atoms. The van der Waals surface area contributed by atoms with Crippen LogP contribution in [0.1, 0.15) is 42.4 Å². The Morgan fingerprint density at radius 1 is 1.35 bits per heavy atom. The lowest BCUT2D eigenvalue weighted by Crippen LogP contribution is -2.04. The van der Waals surface area contributed by atoms with Gasteiger partial charge in [-0.1, -0.05) is 0 Å². The molecule has 0 aromatic carbocycles. The van der Waals surface area contributed by atoms with E-state index in [4.69, 9.17) is 13.9 Å². The first-order chi connectivity index (χ1) is 8.19. The quantitative estimate of drug-likeness (QED) is 0.540. The molecule has 0 N–H and O–H groups in total. The van der Waals surface area contributed by atoms with Gasteiger partial charge >= 0.3 is 5.97 Å². The highest BCUT2D eigenvalue weighted by atomic mass is 16.5. The fourth-order valence-electron chi connectivity index (χ4n) is 1.42. The summed E-state index contributed by atoms with van der Waals surface area (Å²) in [6.07, 6.45) is 1.50. The highest BCUT2D eigenvalue weighted by molar-refractivity contribution is 5.87. The van der Waals surface area contributed by atoms with E-state index in [9.17, 15) is 4.79 Å². The summed E-state index contributed by atoms with van der Waals surface area (Å²) in [6, 6.07) is 0. The molecule has 1 rings (SSSR count). The Kier molecular flexibility index (Phi) is 5.69. The molecule has 0 aliphatic carbocycles. The number of hydrogen-bond donors (Lipinski definition) is 0. The van der Waals surface area contributed by atoms with Crippen LogP contribution in [0.5, 0.6) is 0 Å². The molecule has 0 saturated carbocycles. The van der Waals surface area contributed by atoms with Crippen LogP contribution in [-0.2, 0) is 15.9 Å². The maximum Gasteiger partial charge on any atom is 0.376 e. The van der Waals surface area contributed by atoms with Crippen LogP contribution in [0, 0.1) is 6.92 Å². The van der Waals surface area contributed by atoms with Crippen molar-refractivity contribution in [2.45, 2.75) is 33.6 Å². The molecule has 1 heterocycles. The molecule has 0 saturated heterocycles. The minimum Gasteiger partial charge on any atom is -0.460 e. The van der Waals surface area contributed by atoms with Crippen LogP contribution in [0.3, 0.4) is 0 Å². The summed E-state index contributed by atoms with van der Waals surface area (Å²) in [6.45, 7) is 7.16. The zero-order chi connectivity index (χ0) is 12.7. The van der Waals surface area contributed by atoms with Gasteiger partial charge in [-0.3, -0.25) is 0 Å². The third kappa shape index (κ3) is 4.19. The van der Waals surface area contributed by atoms with E-state index >= 15 is 0 Å². The second-order valence-electron chi connectivity index (χ2n) is 3.54. The normalized spacial score (nSPS) is 10.5. The van der Waals surface area contributed by atoms with E-state index in [-0.39, 0.29) is 5.76 Å². The van der Waals surface area contributed by atoms with Gasteiger partial charge in [-0.05, 0) is 27.2 Å². The fourth-order valence-corrected chi connectivity index (χ4v) is 1.42. The van der Waals surface area contributed by atoms with E-state index in [1.807, 2.05) is 6.92 Å². The smallest absolute Gasteiger partial charge is 0.376 e. The Balaban J connectivity index is 2.52. The van der Waals surface area contributed by atoms with E-state index in [1.54, 1.807) is 13.8 Å². The monoisotopic (exact) mass is 241 g/mol. The summed E-state index contributed by atoms with van der Waals surface area (Å²) >= 11 is 0. The summed E-state index contributed by atoms with van der Waals surface area (Å²) in [5.74, 6) is 0.317. The van der Waals surface area contributed by atoms with Gasteiger partial charge < -0.3 is 13.9 Å². The molecule has 17 heavy (non-hydrogen) atoms. The van der Waals surface area contributed by atoms with Crippen LogP contribution in [0.4, 0.5) is 0 Å². The van der Waals surface area contributed by atoms with Gasteiger partial charge in [-0.25, -0.2) is 9.78 Å². The van der Waals surface area contributed by atoms with E-state index < -0.39 is 5.97 Å². The number of esters is 1. The van der Waals surface area contributed by atoms with Crippen LogP contribution in [-0.4, -0.2) is 30.8 Å².